The van der Waals surface area contributed by atoms with Crippen LogP contribution in [0.2, 0.25) is 0 Å². The molecule has 0 atom stereocenters. The van der Waals surface area contributed by atoms with Crippen LogP contribution in [0.25, 0.3) is 5.03 Å². The first-order chi connectivity index (χ1) is 7.10. The molecule has 0 fully saturated rings. The minimum atomic E-state index is -0.426. The average Bonchev–Trinajstić information content (AvgIpc) is 2.23. The third kappa shape index (κ3) is 2.80. The van der Waals surface area contributed by atoms with Crippen molar-refractivity contribution in [1.82, 2.24) is 0 Å². The molecule has 0 saturated heterocycles. The Morgan fingerprint density at radius 3 is 2.80 bits per heavy atom. The van der Waals surface area contributed by atoms with Gasteiger partial charge in [-0.15, -0.1) is 0 Å². The van der Waals surface area contributed by atoms with Crippen LogP contribution in [0, 0.1) is 17.1 Å². The molecule has 78 valence electrons. The second-order valence-electron chi connectivity index (χ2n) is 2.88. The van der Waals surface area contributed by atoms with Crippen molar-refractivity contribution in [2.45, 2.75) is 13.3 Å². The molecule has 0 saturated carbocycles. The van der Waals surface area contributed by atoms with Crippen LogP contribution in [0.3, 0.4) is 0 Å². The van der Waals surface area contributed by atoms with Gasteiger partial charge in [-0.05, 0) is 24.6 Å². The summed E-state index contributed by atoms with van der Waals surface area (Å²) in [5, 5.41) is 8.97. The molecule has 15 heavy (non-hydrogen) atoms. The number of benzene rings is 1. The molecule has 0 aliphatic carbocycles. The summed E-state index contributed by atoms with van der Waals surface area (Å²) in [6.45, 7) is 1.80. The monoisotopic (exact) mass is 287 g/mol. The Hall–Kier alpha value is -0.850. The molecule has 0 amide bonds. The van der Waals surface area contributed by atoms with E-state index in [0.29, 0.717) is 12.0 Å². The Balaban J connectivity index is 3.34. The zero-order chi connectivity index (χ0) is 11.4. The first-order valence-electron chi connectivity index (χ1n) is 4.34. The van der Waals surface area contributed by atoms with Crippen LogP contribution < -0.4 is 0 Å². The molecule has 0 spiro atoms. The minimum Gasteiger partial charge on any atom is -0.206 e. The maximum absolute atomic E-state index is 13.4. The molecule has 1 rings (SSSR count). The van der Waals surface area contributed by atoms with Gasteiger partial charge in [-0.3, -0.25) is 0 Å². The van der Waals surface area contributed by atoms with Gasteiger partial charge < -0.3 is 0 Å². The van der Waals surface area contributed by atoms with Crippen LogP contribution in [0.15, 0.2) is 28.2 Å². The van der Waals surface area contributed by atoms with Crippen LogP contribution >= 0.6 is 27.5 Å². The standard InChI is InChI=1S/C11H8BrClFN/c1-2-7(6-15)11(13)9-5-8(12)3-4-10(9)14/h3-5H,2H2,1H3. The van der Waals surface area contributed by atoms with Gasteiger partial charge in [-0.2, -0.15) is 5.26 Å². The summed E-state index contributed by atoms with van der Waals surface area (Å²) in [7, 11) is 0. The molecule has 0 aromatic heterocycles. The number of hydrogen-bond donors (Lipinski definition) is 0. The normalized spacial score (nSPS) is 11.9. The number of nitriles is 1. The van der Waals surface area contributed by atoms with Crippen molar-refractivity contribution < 1.29 is 4.39 Å². The van der Waals surface area contributed by atoms with Crippen LogP contribution in [0.5, 0.6) is 0 Å². The van der Waals surface area contributed by atoms with Gasteiger partial charge in [0.25, 0.3) is 0 Å². The van der Waals surface area contributed by atoms with E-state index in [1.54, 1.807) is 19.1 Å². The highest BCUT2D eigenvalue weighted by atomic mass is 79.9. The van der Waals surface area contributed by atoms with Crippen LogP contribution in [0.1, 0.15) is 18.9 Å². The summed E-state index contributed by atoms with van der Waals surface area (Å²) >= 11 is 9.17. The molecule has 0 aliphatic heterocycles. The smallest absolute Gasteiger partial charge is 0.132 e. The molecule has 1 aromatic carbocycles. The minimum absolute atomic E-state index is 0.179. The van der Waals surface area contributed by atoms with Gasteiger partial charge >= 0.3 is 0 Å². The summed E-state index contributed by atoms with van der Waals surface area (Å²) in [4.78, 5) is 0. The van der Waals surface area contributed by atoms with Crippen molar-refractivity contribution in [2.75, 3.05) is 0 Å². The SMILES string of the molecule is CCC(C#N)=C(Cl)c1cc(Br)ccc1F. The lowest BCUT2D eigenvalue weighted by molar-refractivity contribution is 0.624. The lowest BCUT2D eigenvalue weighted by atomic mass is 10.1. The van der Waals surface area contributed by atoms with Gasteiger partial charge in [0.05, 0.1) is 11.1 Å². The molecule has 4 heteroatoms. The zero-order valence-electron chi connectivity index (χ0n) is 8.02. The lowest BCUT2D eigenvalue weighted by Gasteiger charge is -2.04. The third-order valence-electron chi connectivity index (χ3n) is 1.92. The summed E-state index contributed by atoms with van der Waals surface area (Å²) in [6, 6.07) is 6.42. The maximum Gasteiger partial charge on any atom is 0.132 e. The van der Waals surface area contributed by atoms with E-state index in [-0.39, 0.29) is 10.6 Å². The van der Waals surface area contributed by atoms with Gasteiger partial charge in [0, 0.05) is 15.6 Å². The second kappa shape index (κ2) is 5.29. The Kier molecular flexibility index (Phi) is 4.31. The van der Waals surface area contributed by atoms with E-state index < -0.39 is 5.82 Å². The molecular weight excluding hydrogens is 280 g/mol. The van der Waals surface area contributed by atoms with Crippen molar-refractivity contribution >= 4 is 32.6 Å². The number of hydrogen-bond acceptors (Lipinski definition) is 1. The Bertz CT molecular complexity index is 448. The number of allylic oxidation sites excluding steroid dienone is 1. The highest BCUT2D eigenvalue weighted by Gasteiger charge is 2.10. The molecule has 1 nitrogen and oxygen atoms in total. The van der Waals surface area contributed by atoms with Crippen molar-refractivity contribution in [1.29, 1.82) is 5.26 Å². The Morgan fingerprint density at radius 2 is 2.27 bits per heavy atom. The molecule has 1 aromatic rings. The quantitative estimate of drug-likeness (QED) is 0.737. The van der Waals surface area contributed by atoms with E-state index >= 15 is 0 Å². The second-order valence-corrected chi connectivity index (χ2v) is 4.18. The van der Waals surface area contributed by atoms with Crippen molar-refractivity contribution in [3.63, 3.8) is 0 Å². The zero-order valence-corrected chi connectivity index (χ0v) is 10.4. The van der Waals surface area contributed by atoms with E-state index in [0.717, 1.165) is 4.47 Å². The topological polar surface area (TPSA) is 23.8 Å². The number of rotatable bonds is 2. The van der Waals surface area contributed by atoms with Crippen LogP contribution in [0.4, 0.5) is 4.39 Å². The Labute approximate surface area is 101 Å². The average molecular weight is 289 g/mol. The molecular formula is C11H8BrClFN. The van der Waals surface area contributed by atoms with Gasteiger partial charge in [0.2, 0.25) is 0 Å². The largest absolute Gasteiger partial charge is 0.206 e. The molecule has 0 radical (unpaired) electrons. The lowest BCUT2D eigenvalue weighted by Crippen LogP contribution is -1.89. The highest BCUT2D eigenvalue weighted by molar-refractivity contribution is 9.10. The molecule has 0 aliphatic rings. The van der Waals surface area contributed by atoms with Gasteiger partial charge in [0.1, 0.15) is 5.82 Å². The van der Waals surface area contributed by atoms with Crippen molar-refractivity contribution in [3.05, 3.63) is 39.6 Å². The first kappa shape index (κ1) is 12.2. The predicted molar refractivity (Wildman–Crippen MR) is 62.8 cm³/mol. The van der Waals surface area contributed by atoms with Gasteiger partial charge in [-0.1, -0.05) is 34.5 Å². The van der Waals surface area contributed by atoms with Crippen molar-refractivity contribution in [3.8, 4) is 6.07 Å². The van der Waals surface area contributed by atoms with E-state index in [2.05, 4.69) is 15.9 Å². The Morgan fingerprint density at radius 1 is 1.60 bits per heavy atom. The van der Waals surface area contributed by atoms with E-state index in [9.17, 15) is 4.39 Å². The van der Waals surface area contributed by atoms with E-state index in [4.69, 9.17) is 16.9 Å². The summed E-state index contributed by atoms with van der Waals surface area (Å²) in [5.41, 5.74) is 0.637. The fraction of sp³-hybridized carbons (Fsp3) is 0.182. The molecule has 0 unspecified atom stereocenters. The van der Waals surface area contributed by atoms with E-state index in [1.807, 2.05) is 6.07 Å². The number of halogens is 3. The van der Waals surface area contributed by atoms with Gasteiger partial charge in [0.15, 0.2) is 0 Å². The summed E-state index contributed by atoms with van der Waals surface area (Å²) in [5.74, 6) is -0.426. The predicted octanol–water partition coefficient (Wildman–Crippen LogP) is 4.47. The van der Waals surface area contributed by atoms with Gasteiger partial charge in [-0.25, -0.2) is 4.39 Å². The number of nitrogens with zero attached hydrogens (tertiary/aromatic N) is 1. The fourth-order valence-corrected chi connectivity index (χ4v) is 1.79. The van der Waals surface area contributed by atoms with Crippen LogP contribution in [-0.2, 0) is 0 Å². The van der Waals surface area contributed by atoms with Crippen LogP contribution in [-0.4, -0.2) is 0 Å². The molecule has 0 bridgehead atoms. The summed E-state index contributed by atoms with van der Waals surface area (Å²) in [6.07, 6.45) is 0.487. The van der Waals surface area contributed by atoms with Crippen molar-refractivity contribution in [2.24, 2.45) is 0 Å². The fourth-order valence-electron chi connectivity index (χ4n) is 1.11. The molecule has 0 N–H and O–H groups in total. The molecule has 0 heterocycles. The summed E-state index contributed by atoms with van der Waals surface area (Å²) < 4.78 is 14.1. The first-order valence-corrected chi connectivity index (χ1v) is 5.51. The maximum atomic E-state index is 13.4. The van der Waals surface area contributed by atoms with E-state index in [1.165, 1.54) is 6.07 Å². The highest BCUT2D eigenvalue weighted by Crippen LogP contribution is 2.29. The third-order valence-corrected chi connectivity index (χ3v) is 2.84.